The normalized spacial score (nSPS) is 14.8. The minimum Gasteiger partial charge on any atom is -0.342 e. The number of hydrogen-bond donors (Lipinski definition) is 0. The second kappa shape index (κ2) is 9.71. The van der Waals surface area contributed by atoms with Crippen molar-refractivity contribution < 1.29 is 18.0 Å². The molecule has 9 heteroatoms. The van der Waals surface area contributed by atoms with Crippen LogP contribution >= 0.6 is 23.4 Å². The molecule has 1 fully saturated rings. The molecule has 3 rings (SSSR count). The molecule has 4 nitrogen and oxygen atoms in total. The number of rotatable bonds is 4. The van der Waals surface area contributed by atoms with Crippen molar-refractivity contribution in [3.8, 4) is 17.3 Å². The predicted molar refractivity (Wildman–Crippen MR) is 110 cm³/mol. The van der Waals surface area contributed by atoms with Gasteiger partial charge >= 0.3 is 6.18 Å². The van der Waals surface area contributed by atoms with E-state index < -0.39 is 17.3 Å². The molecule has 1 aliphatic rings. The Hall–Kier alpha value is -2.24. The largest absolute Gasteiger partial charge is 0.417 e. The number of alkyl halides is 3. The highest BCUT2D eigenvalue weighted by molar-refractivity contribution is 8.00. The van der Waals surface area contributed by atoms with Crippen LogP contribution in [-0.4, -0.2) is 34.6 Å². The van der Waals surface area contributed by atoms with Crippen molar-refractivity contribution in [3.63, 3.8) is 0 Å². The topological polar surface area (TPSA) is 57.0 Å². The quantitative estimate of drug-likeness (QED) is 0.550. The molecule has 0 aliphatic carbocycles. The van der Waals surface area contributed by atoms with Crippen molar-refractivity contribution in [2.45, 2.75) is 36.9 Å². The van der Waals surface area contributed by atoms with Gasteiger partial charge in [0.25, 0.3) is 0 Å². The Bertz CT molecular complexity index is 950. The standard InChI is InChI=1S/C21H19ClF3N3OS/c22-15-7-5-14(6-8-15)18-11-17(21(23,24)25)16(12-26)20(27-18)30-13-19(29)28-9-3-1-2-4-10-28/h5-8,11H,1-4,9-10,13H2. The van der Waals surface area contributed by atoms with E-state index in [1.807, 2.05) is 0 Å². The molecule has 0 atom stereocenters. The van der Waals surface area contributed by atoms with Crippen LogP contribution in [0, 0.1) is 11.3 Å². The van der Waals surface area contributed by atoms with Gasteiger partial charge < -0.3 is 4.90 Å². The number of nitrogens with zero attached hydrogens (tertiary/aromatic N) is 3. The Morgan fingerprint density at radius 1 is 1.17 bits per heavy atom. The number of aromatic nitrogens is 1. The zero-order valence-corrected chi connectivity index (χ0v) is 17.6. The lowest BCUT2D eigenvalue weighted by Gasteiger charge is -2.20. The minimum absolute atomic E-state index is 0.0664. The number of amides is 1. The van der Waals surface area contributed by atoms with E-state index in [0.29, 0.717) is 23.7 Å². The molecule has 1 aromatic heterocycles. The molecule has 158 valence electrons. The summed E-state index contributed by atoms with van der Waals surface area (Å²) >= 11 is 6.73. The molecule has 2 heterocycles. The van der Waals surface area contributed by atoms with Crippen LogP contribution in [0.3, 0.4) is 0 Å². The third kappa shape index (κ3) is 5.46. The second-order valence-electron chi connectivity index (χ2n) is 6.94. The first-order chi connectivity index (χ1) is 14.3. The summed E-state index contributed by atoms with van der Waals surface area (Å²) in [5, 5.41) is 9.74. The van der Waals surface area contributed by atoms with Crippen LogP contribution in [0.15, 0.2) is 35.4 Å². The fourth-order valence-corrected chi connectivity index (χ4v) is 4.30. The molecule has 0 N–H and O–H groups in total. The average Bonchev–Trinajstić information content (AvgIpc) is 3.01. The van der Waals surface area contributed by atoms with Gasteiger partial charge in [0.15, 0.2) is 0 Å². The number of carbonyl (C=O) groups is 1. The molecule has 1 aromatic carbocycles. The summed E-state index contributed by atoms with van der Waals surface area (Å²) in [6.07, 6.45) is -0.756. The van der Waals surface area contributed by atoms with Gasteiger partial charge in [-0.3, -0.25) is 4.79 Å². The van der Waals surface area contributed by atoms with Crippen LogP contribution in [0.2, 0.25) is 5.02 Å². The Morgan fingerprint density at radius 3 is 2.37 bits per heavy atom. The Kier molecular flexibility index (Phi) is 7.27. The second-order valence-corrected chi connectivity index (χ2v) is 8.34. The highest BCUT2D eigenvalue weighted by atomic mass is 35.5. The first-order valence-corrected chi connectivity index (χ1v) is 10.8. The molecule has 0 saturated carbocycles. The molecule has 1 amide bonds. The average molecular weight is 454 g/mol. The van der Waals surface area contributed by atoms with Gasteiger partial charge in [-0.05, 0) is 31.0 Å². The summed E-state index contributed by atoms with van der Waals surface area (Å²) in [5.41, 5.74) is -1.11. The number of carbonyl (C=O) groups excluding carboxylic acids is 1. The first kappa shape index (κ1) is 22.4. The van der Waals surface area contributed by atoms with Gasteiger partial charge in [-0.2, -0.15) is 18.4 Å². The SMILES string of the molecule is N#Cc1c(C(F)(F)F)cc(-c2ccc(Cl)cc2)nc1SCC(=O)N1CCCCCC1. The number of likely N-dealkylation sites (tertiary alicyclic amines) is 1. The molecular formula is C21H19ClF3N3OS. The summed E-state index contributed by atoms with van der Waals surface area (Å²) < 4.78 is 40.9. The van der Waals surface area contributed by atoms with Crippen LogP contribution in [0.5, 0.6) is 0 Å². The molecule has 1 saturated heterocycles. The number of pyridine rings is 1. The van der Waals surface area contributed by atoms with E-state index in [9.17, 15) is 23.2 Å². The van der Waals surface area contributed by atoms with E-state index >= 15 is 0 Å². The van der Waals surface area contributed by atoms with Gasteiger partial charge in [-0.1, -0.05) is 48.3 Å². The smallest absolute Gasteiger partial charge is 0.342 e. The maximum Gasteiger partial charge on any atom is 0.417 e. The molecule has 0 unspecified atom stereocenters. The van der Waals surface area contributed by atoms with Crippen molar-refractivity contribution in [3.05, 3.63) is 46.5 Å². The molecule has 0 spiro atoms. The summed E-state index contributed by atoms with van der Waals surface area (Å²) in [6, 6.07) is 8.72. The predicted octanol–water partition coefficient (Wildman–Crippen LogP) is 5.79. The van der Waals surface area contributed by atoms with Gasteiger partial charge in [0, 0.05) is 23.7 Å². The van der Waals surface area contributed by atoms with E-state index in [1.54, 1.807) is 35.2 Å². The lowest BCUT2D eigenvalue weighted by Crippen LogP contribution is -2.33. The highest BCUT2D eigenvalue weighted by Crippen LogP contribution is 2.38. The number of benzene rings is 1. The third-order valence-electron chi connectivity index (χ3n) is 4.83. The van der Waals surface area contributed by atoms with E-state index in [2.05, 4.69) is 4.98 Å². The fraction of sp³-hybridized carbons (Fsp3) is 0.381. The van der Waals surface area contributed by atoms with Crippen LogP contribution in [-0.2, 0) is 11.0 Å². The third-order valence-corrected chi connectivity index (χ3v) is 6.05. The molecule has 0 bridgehead atoms. The number of halogens is 4. The van der Waals surface area contributed by atoms with Crippen LogP contribution in [0.25, 0.3) is 11.3 Å². The summed E-state index contributed by atoms with van der Waals surface area (Å²) in [5.74, 6) is -0.221. The Balaban J connectivity index is 1.93. The van der Waals surface area contributed by atoms with E-state index in [4.69, 9.17) is 11.6 Å². The lowest BCUT2D eigenvalue weighted by molar-refractivity contribution is -0.138. The van der Waals surface area contributed by atoms with Crippen molar-refractivity contribution in [1.82, 2.24) is 9.88 Å². The van der Waals surface area contributed by atoms with Crippen molar-refractivity contribution in [2.24, 2.45) is 0 Å². The van der Waals surface area contributed by atoms with E-state index in [1.165, 1.54) is 0 Å². The van der Waals surface area contributed by atoms with Crippen molar-refractivity contribution in [2.75, 3.05) is 18.8 Å². The first-order valence-electron chi connectivity index (χ1n) is 9.48. The summed E-state index contributed by atoms with van der Waals surface area (Å²) in [6.45, 7) is 1.30. The van der Waals surface area contributed by atoms with Crippen molar-refractivity contribution >= 4 is 29.3 Å². The maximum atomic E-state index is 13.6. The van der Waals surface area contributed by atoms with Crippen LogP contribution < -0.4 is 0 Å². The van der Waals surface area contributed by atoms with Gasteiger partial charge in [-0.15, -0.1) is 0 Å². The Morgan fingerprint density at radius 2 is 1.80 bits per heavy atom. The summed E-state index contributed by atoms with van der Waals surface area (Å²) in [4.78, 5) is 18.6. The van der Waals surface area contributed by atoms with E-state index in [-0.39, 0.29) is 22.4 Å². The van der Waals surface area contributed by atoms with Gasteiger partial charge in [0.2, 0.25) is 5.91 Å². The van der Waals surface area contributed by atoms with Crippen molar-refractivity contribution in [1.29, 1.82) is 5.26 Å². The van der Waals surface area contributed by atoms with Crippen LogP contribution in [0.4, 0.5) is 13.2 Å². The molecular weight excluding hydrogens is 435 g/mol. The number of thioether (sulfide) groups is 1. The summed E-state index contributed by atoms with van der Waals surface area (Å²) in [7, 11) is 0. The highest BCUT2D eigenvalue weighted by Gasteiger charge is 2.36. The zero-order chi connectivity index (χ0) is 21.7. The monoisotopic (exact) mass is 453 g/mol. The van der Waals surface area contributed by atoms with Crippen LogP contribution in [0.1, 0.15) is 36.8 Å². The van der Waals surface area contributed by atoms with Gasteiger partial charge in [-0.25, -0.2) is 4.98 Å². The zero-order valence-electron chi connectivity index (χ0n) is 16.0. The van der Waals surface area contributed by atoms with Gasteiger partial charge in [0.05, 0.1) is 22.6 Å². The number of hydrogen-bond acceptors (Lipinski definition) is 4. The molecule has 30 heavy (non-hydrogen) atoms. The van der Waals surface area contributed by atoms with E-state index in [0.717, 1.165) is 43.5 Å². The number of nitriles is 1. The Labute approximate surface area is 182 Å². The lowest BCUT2D eigenvalue weighted by atomic mass is 10.1. The maximum absolute atomic E-state index is 13.6. The fourth-order valence-electron chi connectivity index (χ4n) is 3.27. The molecule has 0 radical (unpaired) electrons. The molecule has 2 aromatic rings. The molecule has 1 aliphatic heterocycles. The van der Waals surface area contributed by atoms with Gasteiger partial charge in [0.1, 0.15) is 11.1 Å². The minimum atomic E-state index is -4.72.